The lowest BCUT2D eigenvalue weighted by molar-refractivity contribution is -0.132. The number of aliphatic hydroxyl groups is 1. The number of hydrogen-bond donors (Lipinski definition) is 2. The smallest absolute Gasteiger partial charge is 0.300 e. The zero-order valence-corrected chi connectivity index (χ0v) is 21.7. The molecule has 0 aromatic heterocycles. The first-order valence-electron chi connectivity index (χ1n) is 13.0. The number of aryl methyl sites for hydroxylation is 1. The van der Waals surface area contributed by atoms with Crippen molar-refractivity contribution in [2.45, 2.75) is 32.4 Å². The summed E-state index contributed by atoms with van der Waals surface area (Å²) in [4.78, 5) is 28.5. The number of hydrogen-bond acceptors (Lipinski definition) is 5. The summed E-state index contributed by atoms with van der Waals surface area (Å²) in [5.74, 6) is -0.799. The Kier molecular flexibility index (Phi) is 6.15. The molecule has 39 heavy (non-hydrogen) atoms. The number of fused-ring (bicyclic) bond motifs is 1. The lowest BCUT2D eigenvalue weighted by Gasteiger charge is -2.26. The summed E-state index contributed by atoms with van der Waals surface area (Å²) >= 11 is 0. The van der Waals surface area contributed by atoms with Crippen LogP contribution in [0.1, 0.15) is 35.2 Å². The van der Waals surface area contributed by atoms with Gasteiger partial charge in [0.15, 0.2) is 0 Å². The molecule has 0 aliphatic carbocycles. The fraction of sp³-hybridized carbons (Fsp3) is 0.152. The van der Waals surface area contributed by atoms with E-state index in [0.717, 1.165) is 40.2 Å². The molecule has 4 aromatic carbocycles. The maximum Gasteiger partial charge on any atom is 0.300 e. The molecule has 2 N–H and O–H groups in total. The zero-order valence-electron chi connectivity index (χ0n) is 21.7. The first kappa shape index (κ1) is 24.5. The number of Topliss-reactive ketones (excluding diaryl/α,β-unsaturated/α-hetero) is 1. The minimum absolute atomic E-state index is 0.0506. The van der Waals surface area contributed by atoms with Gasteiger partial charge in [0.25, 0.3) is 11.7 Å². The Bertz CT molecular complexity index is 1610. The minimum atomic E-state index is -0.777. The van der Waals surface area contributed by atoms with Crippen molar-refractivity contribution in [3.8, 4) is 5.75 Å². The highest BCUT2D eigenvalue weighted by atomic mass is 16.5. The SMILES string of the molecule is Cc1cccc(C2/C(=C(/O)c3ccc4c(c3)CC(C)O4)C(=O)C(=O)N2c2ccc(Nc3ccccc3)cc2)c1. The lowest BCUT2D eigenvalue weighted by Crippen LogP contribution is -2.29. The van der Waals surface area contributed by atoms with Gasteiger partial charge in [-0.3, -0.25) is 14.5 Å². The third-order valence-electron chi connectivity index (χ3n) is 7.18. The van der Waals surface area contributed by atoms with Crippen LogP contribution in [0.4, 0.5) is 17.1 Å². The van der Waals surface area contributed by atoms with E-state index in [-0.39, 0.29) is 17.4 Å². The van der Waals surface area contributed by atoms with Crippen LogP contribution < -0.4 is 15.0 Å². The number of ketones is 1. The summed E-state index contributed by atoms with van der Waals surface area (Å²) < 4.78 is 5.80. The van der Waals surface area contributed by atoms with Crippen LogP contribution in [0.2, 0.25) is 0 Å². The number of carbonyl (C=O) groups excluding carboxylic acids is 2. The molecule has 1 fully saturated rings. The van der Waals surface area contributed by atoms with Gasteiger partial charge in [-0.05, 0) is 79.6 Å². The predicted molar refractivity (Wildman–Crippen MR) is 152 cm³/mol. The molecule has 6 heteroatoms. The lowest BCUT2D eigenvalue weighted by atomic mass is 9.93. The molecular formula is C33H28N2O4. The Morgan fingerprint density at radius 3 is 2.38 bits per heavy atom. The number of ether oxygens (including phenoxy) is 1. The molecule has 2 heterocycles. The van der Waals surface area contributed by atoms with E-state index in [0.29, 0.717) is 11.3 Å². The highest BCUT2D eigenvalue weighted by molar-refractivity contribution is 6.51. The highest BCUT2D eigenvalue weighted by Gasteiger charge is 2.47. The summed E-state index contributed by atoms with van der Waals surface area (Å²) in [5.41, 5.74) is 5.63. The van der Waals surface area contributed by atoms with Gasteiger partial charge in [0.1, 0.15) is 17.6 Å². The normalized spacial score (nSPS) is 19.6. The van der Waals surface area contributed by atoms with Crippen molar-refractivity contribution in [1.82, 2.24) is 0 Å². The van der Waals surface area contributed by atoms with Crippen LogP contribution in [0, 0.1) is 6.92 Å². The third-order valence-corrected chi connectivity index (χ3v) is 7.18. The molecule has 0 radical (unpaired) electrons. The molecule has 2 aliphatic heterocycles. The monoisotopic (exact) mass is 516 g/mol. The summed E-state index contributed by atoms with van der Waals surface area (Å²) in [6.45, 7) is 3.95. The molecular weight excluding hydrogens is 488 g/mol. The molecule has 1 amide bonds. The van der Waals surface area contributed by atoms with Crippen molar-refractivity contribution in [2.24, 2.45) is 0 Å². The number of carbonyl (C=O) groups is 2. The van der Waals surface area contributed by atoms with Crippen molar-refractivity contribution >= 4 is 34.5 Å². The van der Waals surface area contributed by atoms with E-state index >= 15 is 0 Å². The van der Waals surface area contributed by atoms with Gasteiger partial charge in [0.2, 0.25) is 0 Å². The van der Waals surface area contributed by atoms with Crippen LogP contribution in [-0.2, 0) is 16.0 Å². The molecule has 0 saturated carbocycles. The van der Waals surface area contributed by atoms with Gasteiger partial charge in [-0.15, -0.1) is 0 Å². The van der Waals surface area contributed by atoms with Crippen LogP contribution in [0.25, 0.3) is 5.76 Å². The standard InChI is InChI=1S/C33H28N2O4/c1-20-7-6-8-22(17-20)30-29(31(36)23-11-16-28-24(19-23)18-21(2)39-28)32(37)33(38)35(30)27-14-12-26(13-15-27)34-25-9-4-3-5-10-25/h3-17,19,21,30,34,36H,18H2,1-2H3/b31-29-. The summed E-state index contributed by atoms with van der Waals surface area (Å²) in [5, 5.41) is 14.8. The fourth-order valence-electron chi connectivity index (χ4n) is 5.37. The van der Waals surface area contributed by atoms with E-state index in [9.17, 15) is 14.7 Å². The van der Waals surface area contributed by atoms with E-state index in [1.54, 1.807) is 6.07 Å². The van der Waals surface area contributed by atoms with E-state index in [4.69, 9.17) is 4.74 Å². The number of para-hydroxylation sites is 1. The second-order valence-corrected chi connectivity index (χ2v) is 10.1. The minimum Gasteiger partial charge on any atom is -0.507 e. The number of rotatable bonds is 5. The Hall–Kier alpha value is -4.84. The first-order chi connectivity index (χ1) is 18.9. The number of amides is 1. The van der Waals surface area contributed by atoms with Gasteiger partial charge in [-0.1, -0.05) is 48.0 Å². The average Bonchev–Trinajstić information content (AvgIpc) is 3.44. The van der Waals surface area contributed by atoms with E-state index in [2.05, 4.69) is 5.32 Å². The molecule has 6 rings (SSSR count). The second-order valence-electron chi connectivity index (χ2n) is 10.1. The maximum absolute atomic E-state index is 13.5. The molecule has 4 aromatic rings. The number of benzene rings is 4. The quantitative estimate of drug-likeness (QED) is 0.176. The number of nitrogens with one attached hydrogen (secondary N) is 1. The van der Waals surface area contributed by atoms with E-state index < -0.39 is 17.7 Å². The Balaban J connectivity index is 1.43. The molecule has 194 valence electrons. The van der Waals surface area contributed by atoms with Crippen molar-refractivity contribution in [2.75, 3.05) is 10.2 Å². The van der Waals surface area contributed by atoms with Crippen molar-refractivity contribution < 1.29 is 19.4 Å². The summed E-state index contributed by atoms with van der Waals surface area (Å²) in [6.07, 6.45) is 0.768. The van der Waals surface area contributed by atoms with E-state index in [1.165, 1.54) is 4.90 Å². The average molecular weight is 517 g/mol. The number of anilines is 3. The molecule has 1 saturated heterocycles. The Labute approximate surface area is 227 Å². The van der Waals surface area contributed by atoms with E-state index in [1.807, 2.05) is 105 Å². The van der Waals surface area contributed by atoms with Gasteiger partial charge in [-0.2, -0.15) is 0 Å². The van der Waals surface area contributed by atoms with Gasteiger partial charge in [0, 0.05) is 29.0 Å². The van der Waals surface area contributed by atoms with Crippen molar-refractivity contribution in [3.63, 3.8) is 0 Å². The Morgan fingerprint density at radius 1 is 0.897 bits per heavy atom. The van der Waals surface area contributed by atoms with Gasteiger partial charge in [-0.25, -0.2) is 0 Å². The topological polar surface area (TPSA) is 78.9 Å². The summed E-state index contributed by atoms with van der Waals surface area (Å²) in [7, 11) is 0. The maximum atomic E-state index is 13.5. The largest absolute Gasteiger partial charge is 0.507 e. The molecule has 2 unspecified atom stereocenters. The molecule has 0 spiro atoms. The fourth-order valence-corrected chi connectivity index (χ4v) is 5.37. The first-order valence-corrected chi connectivity index (χ1v) is 13.0. The summed E-state index contributed by atoms with van der Waals surface area (Å²) in [6, 6.07) is 29.5. The van der Waals surface area contributed by atoms with Crippen LogP contribution >= 0.6 is 0 Å². The van der Waals surface area contributed by atoms with Crippen LogP contribution in [0.15, 0.2) is 103 Å². The number of nitrogens with zero attached hydrogens (tertiary/aromatic N) is 1. The molecule has 2 aliphatic rings. The van der Waals surface area contributed by atoms with Gasteiger partial charge >= 0.3 is 0 Å². The van der Waals surface area contributed by atoms with Crippen LogP contribution in [-0.4, -0.2) is 22.9 Å². The zero-order chi connectivity index (χ0) is 27.1. The van der Waals surface area contributed by atoms with Gasteiger partial charge < -0.3 is 15.2 Å². The number of aliphatic hydroxyl groups excluding tert-OH is 1. The van der Waals surface area contributed by atoms with Crippen LogP contribution in [0.5, 0.6) is 5.75 Å². The third kappa shape index (κ3) is 4.55. The molecule has 0 bridgehead atoms. The van der Waals surface area contributed by atoms with Crippen molar-refractivity contribution in [1.29, 1.82) is 0 Å². The molecule has 2 atom stereocenters. The van der Waals surface area contributed by atoms with Gasteiger partial charge in [0.05, 0.1) is 11.6 Å². The highest BCUT2D eigenvalue weighted by Crippen LogP contribution is 2.43. The Morgan fingerprint density at radius 2 is 1.64 bits per heavy atom. The molecule has 6 nitrogen and oxygen atoms in total. The van der Waals surface area contributed by atoms with Crippen molar-refractivity contribution in [3.05, 3.63) is 125 Å². The van der Waals surface area contributed by atoms with Crippen LogP contribution in [0.3, 0.4) is 0 Å². The second kappa shape index (κ2) is 9.80. The predicted octanol–water partition coefficient (Wildman–Crippen LogP) is 6.69.